The number of hydrogen-bond donors (Lipinski definition) is 2. The molecule has 0 fully saturated rings. The number of hydrogen-bond acceptors (Lipinski definition) is 3. The summed E-state index contributed by atoms with van der Waals surface area (Å²) in [5.74, 6) is -0.864. The topological polar surface area (TPSA) is 76.2 Å². The molecule has 0 bridgehead atoms. The Balaban J connectivity index is 2.66. The number of aromatic carboxylic acids is 1. The highest BCUT2D eigenvalue weighted by atomic mass is 16.4. The Kier molecular flexibility index (Phi) is 3.02. The summed E-state index contributed by atoms with van der Waals surface area (Å²) in [7, 11) is 0. The van der Waals surface area contributed by atoms with Crippen LogP contribution in [0.1, 0.15) is 21.6 Å². The van der Waals surface area contributed by atoms with E-state index in [1.807, 2.05) is 32.0 Å². The quantitative estimate of drug-likeness (QED) is 0.848. The smallest absolute Gasteiger partial charge is 0.355 e. The number of anilines is 1. The Morgan fingerprint density at radius 1 is 1.17 bits per heavy atom. The fraction of sp³-hybridized carbons (Fsp3) is 0.143. The lowest BCUT2D eigenvalue weighted by atomic mass is 9.99. The van der Waals surface area contributed by atoms with E-state index in [1.165, 1.54) is 0 Å². The van der Waals surface area contributed by atoms with Crippen LogP contribution in [0.2, 0.25) is 0 Å². The Labute approximate surface area is 105 Å². The zero-order chi connectivity index (χ0) is 13.3. The summed E-state index contributed by atoms with van der Waals surface area (Å²) >= 11 is 0. The molecule has 4 nitrogen and oxygen atoms in total. The van der Waals surface area contributed by atoms with Gasteiger partial charge in [0.2, 0.25) is 0 Å². The summed E-state index contributed by atoms with van der Waals surface area (Å²) in [6.45, 7) is 3.95. The second-order valence-corrected chi connectivity index (χ2v) is 4.31. The minimum Gasteiger partial charge on any atom is -0.476 e. The van der Waals surface area contributed by atoms with Crippen LogP contribution in [0.5, 0.6) is 0 Å². The van der Waals surface area contributed by atoms with Crippen LogP contribution in [0.25, 0.3) is 11.1 Å². The van der Waals surface area contributed by atoms with Crippen LogP contribution in [-0.2, 0) is 0 Å². The molecule has 1 heterocycles. The van der Waals surface area contributed by atoms with Gasteiger partial charge in [-0.3, -0.25) is 0 Å². The molecule has 0 saturated carbocycles. The Hall–Kier alpha value is -2.36. The van der Waals surface area contributed by atoms with E-state index in [2.05, 4.69) is 4.98 Å². The van der Waals surface area contributed by atoms with E-state index in [9.17, 15) is 9.90 Å². The van der Waals surface area contributed by atoms with Crippen molar-refractivity contribution in [1.29, 1.82) is 0 Å². The van der Waals surface area contributed by atoms with E-state index in [-0.39, 0.29) is 11.5 Å². The number of carboxylic acid groups (broad SMARTS) is 1. The Morgan fingerprint density at radius 2 is 1.78 bits per heavy atom. The van der Waals surface area contributed by atoms with E-state index in [0.717, 1.165) is 16.7 Å². The summed E-state index contributed by atoms with van der Waals surface area (Å²) in [6, 6.07) is 9.22. The summed E-state index contributed by atoms with van der Waals surface area (Å²) in [5.41, 5.74) is 9.11. The van der Waals surface area contributed by atoms with Gasteiger partial charge in [0.15, 0.2) is 5.69 Å². The van der Waals surface area contributed by atoms with Crippen LogP contribution in [0.3, 0.4) is 0 Å². The van der Waals surface area contributed by atoms with Crippen LogP contribution < -0.4 is 5.73 Å². The number of pyridine rings is 1. The van der Waals surface area contributed by atoms with E-state index in [4.69, 9.17) is 5.73 Å². The summed E-state index contributed by atoms with van der Waals surface area (Å²) in [6.07, 6.45) is 0. The number of nitrogen functional groups attached to an aromatic ring is 1. The van der Waals surface area contributed by atoms with E-state index < -0.39 is 5.97 Å². The average molecular weight is 242 g/mol. The number of rotatable bonds is 2. The van der Waals surface area contributed by atoms with Crippen molar-refractivity contribution in [3.05, 3.63) is 47.2 Å². The molecule has 0 aliphatic rings. The molecule has 0 aliphatic heterocycles. The summed E-state index contributed by atoms with van der Waals surface area (Å²) < 4.78 is 0. The molecule has 0 spiro atoms. The van der Waals surface area contributed by atoms with E-state index >= 15 is 0 Å². The van der Waals surface area contributed by atoms with Gasteiger partial charge in [0.05, 0.1) is 0 Å². The largest absolute Gasteiger partial charge is 0.476 e. The van der Waals surface area contributed by atoms with Crippen molar-refractivity contribution in [2.75, 3.05) is 5.73 Å². The molecule has 92 valence electrons. The van der Waals surface area contributed by atoms with E-state index in [0.29, 0.717) is 5.56 Å². The molecular formula is C14H14N2O2. The standard InChI is InChI=1S/C14H14N2O2/c1-8-5-9(2)7-10(6-8)11-3-4-12(15)16-13(11)14(17)18/h3-7H,1-2H3,(H2,15,16)(H,17,18). The zero-order valence-corrected chi connectivity index (χ0v) is 10.3. The molecule has 0 atom stereocenters. The molecule has 0 amide bonds. The first-order chi connectivity index (χ1) is 8.47. The highest BCUT2D eigenvalue weighted by Gasteiger charge is 2.14. The second kappa shape index (κ2) is 4.49. The predicted molar refractivity (Wildman–Crippen MR) is 70.5 cm³/mol. The molecule has 0 unspecified atom stereocenters. The third-order valence-corrected chi connectivity index (χ3v) is 2.65. The van der Waals surface area contributed by atoms with Crippen molar-refractivity contribution in [3.8, 4) is 11.1 Å². The lowest BCUT2D eigenvalue weighted by Crippen LogP contribution is -2.05. The van der Waals surface area contributed by atoms with Gasteiger partial charge in [-0.05, 0) is 31.5 Å². The minimum absolute atomic E-state index is 0.0139. The molecule has 0 aliphatic carbocycles. The molecule has 18 heavy (non-hydrogen) atoms. The van der Waals surface area contributed by atoms with Crippen molar-refractivity contribution in [2.24, 2.45) is 0 Å². The Morgan fingerprint density at radius 3 is 2.33 bits per heavy atom. The fourth-order valence-corrected chi connectivity index (χ4v) is 2.00. The summed E-state index contributed by atoms with van der Waals surface area (Å²) in [5, 5.41) is 9.17. The average Bonchev–Trinajstić information content (AvgIpc) is 2.27. The van der Waals surface area contributed by atoms with Crippen LogP contribution in [-0.4, -0.2) is 16.1 Å². The maximum absolute atomic E-state index is 11.2. The van der Waals surface area contributed by atoms with E-state index in [1.54, 1.807) is 12.1 Å². The lowest BCUT2D eigenvalue weighted by molar-refractivity contribution is 0.0691. The van der Waals surface area contributed by atoms with Gasteiger partial charge in [0, 0.05) is 5.56 Å². The zero-order valence-electron chi connectivity index (χ0n) is 10.3. The van der Waals surface area contributed by atoms with Crippen molar-refractivity contribution in [1.82, 2.24) is 4.98 Å². The number of carboxylic acids is 1. The fourth-order valence-electron chi connectivity index (χ4n) is 2.00. The molecule has 2 aromatic rings. The number of aromatic nitrogens is 1. The van der Waals surface area contributed by atoms with Gasteiger partial charge in [0.25, 0.3) is 0 Å². The first-order valence-corrected chi connectivity index (χ1v) is 5.56. The van der Waals surface area contributed by atoms with Crippen LogP contribution in [0.15, 0.2) is 30.3 Å². The van der Waals surface area contributed by atoms with Crippen molar-refractivity contribution >= 4 is 11.8 Å². The van der Waals surface area contributed by atoms with Crippen LogP contribution in [0.4, 0.5) is 5.82 Å². The highest BCUT2D eigenvalue weighted by molar-refractivity contribution is 5.94. The number of benzene rings is 1. The van der Waals surface area contributed by atoms with Gasteiger partial charge in [-0.2, -0.15) is 0 Å². The summed E-state index contributed by atoms with van der Waals surface area (Å²) in [4.78, 5) is 15.1. The molecule has 4 heteroatoms. The monoisotopic (exact) mass is 242 g/mol. The van der Waals surface area contributed by atoms with Crippen molar-refractivity contribution in [2.45, 2.75) is 13.8 Å². The number of carbonyl (C=O) groups is 1. The lowest BCUT2D eigenvalue weighted by Gasteiger charge is -2.08. The number of aryl methyl sites for hydroxylation is 2. The third-order valence-electron chi connectivity index (χ3n) is 2.65. The molecule has 0 radical (unpaired) electrons. The van der Waals surface area contributed by atoms with Gasteiger partial charge < -0.3 is 10.8 Å². The first kappa shape index (κ1) is 12.1. The molecular weight excluding hydrogens is 228 g/mol. The van der Waals surface area contributed by atoms with Gasteiger partial charge in [-0.15, -0.1) is 0 Å². The van der Waals surface area contributed by atoms with Gasteiger partial charge >= 0.3 is 5.97 Å². The number of nitrogens with two attached hydrogens (primary N) is 1. The van der Waals surface area contributed by atoms with Crippen molar-refractivity contribution < 1.29 is 9.90 Å². The second-order valence-electron chi connectivity index (χ2n) is 4.31. The highest BCUT2D eigenvalue weighted by Crippen LogP contribution is 2.25. The third kappa shape index (κ3) is 2.32. The molecule has 1 aromatic heterocycles. The molecule has 2 rings (SSSR count). The normalized spacial score (nSPS) is 10.3. The molecule has 1 aromatic carbocycles. The number of nitrogens with zero attached hydrogens (tertiary/aromatic N) is 1. The van der Waals surface area contributed by atoms with Gasteiger partial charge in [-0.1, -0.05) is 29.3 Å². The van der Waals surface area contributed by atoms with Gasteiger partial charge in [0.1, 0.15) is 5.82 Å². The SMILES string of the molecule is Cc1cc(C)cc(-c2ccc(N)nc2C(=O)O)c1. The van der Waals surface area contributed by atoms with Crippen LogP contribution >= 0.6 is 0 Å². The first-order valence-electron chi connectivity index (χ1n) is 5.56. The Bertz CT molecular complexity index is 601. The maximum atomic E-state index is 11.2. The maximum Gasteiger partial charge on any atom is 0.355 e. The molecule has 3 N–H and O–H groups in total. The predicted octanol–water partition coefficient (Wildman–Crippen LogP) is 2.65. The molecule has 0 saturated heterocycles. The van der Waals surface area contributed by atoms with Gasteiger partial charge in [-0.25, -0.2) is 9.78 Å². The van der Waals surface area contributed by atoms with Crippen LogP contribution in [0, 0.1) is 13.8 Å². The van der Waals surface area contributed by atoms with Crippen molar-refractivity contribution in [3.63, 3.8) is 0 Å². The minimum atomic E-state index is -1.07.